The second-order valence-electron chi connectivity index (χ2n) is 14.2. The largest absolute Gasteiger partial charge is 0.309 e. The smallest absolute Gasteiger partial charge is 0.235 e. The molecule has 0 aliphatic heterocycles. The molecule has 8 aromatic carbocycles. The summed E-state index contributed by atoms with van der Waals surface area (Å²) >= 11 is 1.69. The number of thiophene rings is 1. The fraction of sp³-hybridized carbons (Fsp3) is 0. The van der Waals surface area contributed by atoms with Crippen LogP contribution in [0.4, 0.5) is 0 Å². The molecule has 0 radical (unpaired) electrons. The molecule has 4 nitrogen and oxygen atoms in total. The van der Waals surface area contributed by atoms with Crippen LogP contribution in [0.5, 0.6) is 0 Å². The first-order chi connectivity index (χ1) is 27.3. The molecule has 0 unspecified atom stereocenters. The lowest BCUT2D eigenvalue weighted by Crippen LogP contribution is -2.02. The molecule has 4 heterocycles. The van der Waals surface area contributed by atoms with Crippen LogP contribution in [0.15, 0.2) is 181 Å². The number of rotatable bonds is 4. The number of fused-ring (bicyclic) bond motifs is 11. The summed E-state index contributed by atoms with van der Waals surface area (Å²) in [6.07, 6.45) is 0. The molecular weight excluding hydrogens is 689 g/mol. The van der Waals surface area contributed by atoms with E-state index in [-0.39, 0.29) is 0 Å². The molecule has 0 bridgehead atoms. The summed E-state index contributed by atoms with van der Waals surface area (Å²) in [5.41, 5.74) is 11.0. The van der Waals surface area contributed by atoms with Crippen molar-refractivity contribution in [2.24, 2.45) is 0 Å². The number of hydrogen-bond donors (Lipinski definition) is 0. The average molecular weight is 719 g/mol. The van der Waals surface area contributed by atoms with Gasteiger partial charge >= 0.3 is 0 Å². The molecule has 0 aliphatic rings. The SMILES string of the molecule is c1ccc(-c2nc(-n3c4ccc(-c5cccc6c7c8ccccc8ccc7n(-c7ccccc7)c56)cc4c4c5ccccc5ccc43)nc3ccsc23)cc1. The van der Waals surface area contributed by atoms with Gasteiger partial charge < -0.3 is 4.57 Å². The van der Waals surface area contributed by atoms with E-state index in [0.717, 1.165) is 43.8 Å². The standard InChI is InChI=1S/C50H30N4S/c1-3-14-33(15-4-1)47-49-41(28-29-55-49)51-50(52-47)54-42-25-24-34(30-40(42)46-37-19-10-8-13-32(37)23-27-44(46)54)38-20-11-21-39-45-36-18-9-7-12-31(36)22-26-43(45)53(48(38)39)35-16-5-2-6-17-35/h1-30H. The first-order valence-electron chi connectivity index (χ1n) is 18.6. The Morgan fingerprint density at radius 1 is 0.436 bits per heavy atom. The molecule has 0 amide bonds. The zero-order valence-electron chi connectivity index (χ0n) is 29.5. The van der Waals surface area contributed by atoms with E-state index >= 15 is 0 Å². The Bertz CT molecular complexity index is 3480. The lowest BCUT2D eigenvalue weighted by Gasteiger charge is -2.12. The van der Waals surface area contributed by atoms with E-state index in [4.69, 9.17) is 9.97 Å². The van der Waals surface area contributed by atoms with Gasteiger partial charge in [0.2, 0.25) is 5.95 Å². The van der Waals surface area contributed by atoms with Crippen LogP contribution in [-0.4, -0.2) is 19.1 Å². The number of aromatic nitrogens is 4. The molecule has 0 fully saturated rings. The van der Waals surface area contributed by atoms with Gasteiger partial charge in [-0.15, -0.1) is 11.3 Å². The van der Waals surface area contributed by atoms with Gasteiger partial charge in [0.25, 0.3) is 0 Å². The Hall–Kier alpha value is -7.08. The van der Waals surface area contributed by atoms with Crippen LogP contribution in [0, 0.1) is 0 Å². The molecule has 0 saturated carbocycles. The van der Waals surface area contributed by atoms with Gasteiger partial charge in [0.1, 0.15) is 0 Å². The summed E-state index contributed by atoms with van der Waals surface area (Å²) in [5, 5.41) is 11.9. The van der Waals surface area contributed by atoms with E-state index in [1.807, 2.05) is 0 Å². The average Bonchev–Trinajstić information content (AvgIpc) is 3.96. The molecule has 0 spiro atoms. The first kappa shape index (κ1) is 30.4. The van der Waals surface area contributed by atoms with Gasteiger partial charge in [0.15, 0.2) is 0 Å². The van der Waals surface area contributed by atoms with Crippen LogP contribution in [0.1, 0.15) is 0 Å². The highest BCUT2D eigenvalue weighted by Crippen LogP contribution is 2.44. The lowest BCUT2D eigenvalue weighted by molar-refractivity contribution is 1.02. The van der Waals surface area contributed by atoms with Gasteiger partial charge in [-0.1, -0.05) is 133 Å². The predicted molar refractivity (Wildman–Crippen MR) is 232 cm³/mol. The summed E-state index contributed by atoms with van der Waals surface area (Å²) in [5.74, 6) is 0.672. The molecule has 0 atom stereocenters. The topological polar surface area (TPSA) is 35.6 Å². The van der Waals surface area contributed by atoms with Crippen LogP contribution < -0.4 is 0 Å². The maximum atomic E-state index is 5.34. The Morgan fingerprint density at radius 2 is 1.07 bits per heavy atom. The summed E-state index contributed by atoms with van der Waals surface area (Å²) in [4.78, 5) is 10.6. The number of benzene rings is 8. The van der Waals surface area contributed by atoms with E-state index in [9.17, 15) is 0 Å². The Kier molecular flexibility index (Phi) is 6.47. The van der Waals surface area contributed by atoms with E-state index < -0.39 is 0 Å². The lowest BCUT2D eigenvalue weighted by atomic mass is 9.97. The molecular formula is C50H30N4S. The quantitative estimate of drug-likeness (QED) is 0.182. The minimum absolute atomic E-state index is 0.672. The van der Waals surface area contributed by atoms with Crippen LogP contribution in [0.3, 0.4) is 0 Å². The van der Waals surface area contributed by atoms with Crippen molar-refractivity contribution in [2.75, 3.05) is 0 Å². The first-order valence-corrected chi connectivity index (χ1v) is 19.5. The van der Waals surface area contributed by atoms with E-state index in [2.05, 4.69) is 190 Å². The molecule has 256 valence electrons. The van der Waals surface area contributed by atoms with Crippen molar-refractivity contribution in [3.63, 3.8) is 0 Å². The fourth-order valence-electron chi connectivity index (χ4n) is 8.83. The van der Waals surface area contributed by atoms with Gasteiger partial charge in [0.05, 0.1) is 38.0 Å². The molecule has 55 heavy (non-hydrogen) atoms. The third kappa shape index (κ3) is 4.45. The number of para-hydroxylation sites is 2. The molecule has 12 rings (SSSR count). The minimum Gasteiger partial charge on any atom is -0.309 e. The molecule has 4 aromatic heterocycles. The predicted octanol–water partition coefficient (Wildman–Crippen LogP) is 13.5. The van der Waals surface area contributed by atoms with Crippen LogP contribution in [0.2, 0.25) is 0 Å². The van der Waals surface area contributed by atoms with Crippen molar-refractivity contribution in [2.45, 2.75) is 0 Å². The third-order valence-corrected chi connectivity index (χ3v) is 12.1. The van der Waals surface area contributed by atoms with E-state index in [1.165, 1.54) is 59.7 Å². The summed E-state index contributed by atoms with van der Waals surface area (Å²) in [7, 11) is 0. The van der Waals surface area contributed by atoms with Crippen molar-refractivity contribution >= 4 is 86.7 Å². The fourth-order valence-corrected chi connectivity index (χ4v) is 9.67. The van der Waals surface area contributed by atoms with Crippen molar-refractivity contribution in [3.05, 3.63) is 181 Å². The molecule has 0 saturated heterocycles. The normalized spacial score (nSPS) is 12.0. The Balaban J connectivity index is 1.18. The second-order valence-corrected chi connectivity index (χ2v) is 15.1. The van der Waals surface area contributed by atoms with Crippen molar-refractivity contribution in [3.8, 4) is 34.0 Å². The van der Waals surface area contributed by atoms with E-state index in [1.54, 1.807) is 11.3 Å². The number of nitrogens with zero attached hydrogens (tertiary/aromatic N) is 4. The van der Waals surface area contributed by atoms with Gasteiger partial charge in [-0.3, -0.25) is 4.57 Å². The molecule has 12 aromatic rings. The third-order valence-electron chi connectivity index (χ3n) is 11.2. The zero-order valence-corrected chi connectivity index (χ0v) is 30.3. The van der Waals surface area contributed by atoms with Gasteiger partial charge in [-0.25, -0.2) is 9.97 Å². The molecule has 0 N–H and O–H groups in total. The van der Waals surface area contributed by atoms with Gasteiger partial charge in [-0.2, -0.15) is 0 Å². The summed E-state index contributed by atoms with van der Waals surface area (Å²) < 4.78 is 5.81. The maximum absolute atomic E-state index is 5.34. The summed E-state index contributed by atoms with van der Waals surface area (Å²) in [6, 6.07) is 63.5. The van der Waals surface area contributed by atoms with Crippen LogP contribution in [-0.2, 0) is 0 Å². The van der Waals surface area contributed by atoms with Crippen molar-refractivity contribution in [1.82, 2.24) is 19.1 Å². The highest BCUT2D eigenvalue weighted by molar-refractivity contribution is 7.17. The summed E-state index contributed by atoms with van der Waals surface area (Å²) in [6.45, 7) is 0. The molecule has 0 aliphatic carbocycles. The van der Waals surface area contributed by atoms with E-state index in [0.29, 0.717) is 5.95 Å². The van der Waals surface area contributed by atoms with Gasteiger partial charge in [-0.05, 0) is 75.0 Å². The maximum Gasteiger partial charge on any atom is 0.235 e. The Labute approximate surface area is 319 Å². The second kappa shape index (κ2) is 11.7. The Morgan fingerprint density at radius 3 is 1.84 bits per heavy atom. The van der Waals surface area contributed by atoms with Crippen molar-refractivity contribution < 1.29 is 0 Å². The number of hydrogen-bond acceptors (Lipinski definition) is 3. The van der Waals surface area contributed by atoms with Gasteiger partial charge in [0, 0.05) is 38.4 Å². The van der Waals surface area contributed by atoms with Crippen LogP contribution >= 0.6 is 11.3 Å². The van der Waals surface area contributed by atoms with Crippen molar-refractivity contribution in [1.29, 1.82) is 0 Å². The zero-order chi connectivity index (χ0) is 36.0. The highest BCUT2D eigenvalue weighted by atomic mass is 32.1. The monoisotopic (exact) mass is 718 g/mol. The molecule has 5 heteroatoms. The van der Waals surface area contributed by atoms with Crippen LogP contribution in [0.25, 0.3) is 109 Å². The highest BCUT2D eigenvalue weighted by Gasteiger charge is 2.22. The minimum atomic E-state index is 0.672.